The van der Waals surface area contributed by atoms with Crippen LogP contribution in [-0.4, -0.2) is 90.6 Å². The molecule has 2 aliphatic rings. The highest BCUT2D eigenvalue weighted by Gasteiger charge is 2.48. The van der Waals surface area contributed by atoms with E-state index in [1.807, 2.05) is 29.9 Å². The minimum Gasteiger partial charge on any atom is -0.379 e. The molecule has 6 heterocycles. The van der Waals surface area contributed by atoms with Gasteiger partial charge in [0.1, 0.15) is 5.69 Å². The molecule has 0 bridgehead atoms. The Balaban J connectivity index is 1.19. The Labute approximate surface area is 224 Å². The number of likely N-dealkylation sites (N-methyl/N-ethyl adjacent to an activating group) is 1. The van der Waals surface area contributed by atoms with E-state index in [1.54, 1.807) is 31.4 Å². The summed E-state index contributed by atoms with van der Waals surface area (Å²) in [6, 6.07) is 10.8. The lowest BCUT2D eigenvalue weighted by Gasteiger charge is -2.26. The average Bonchev–Trinajstić information content (AvgIpc) is 3.65. The van der Waals surface area contributed by atoms with Crippen molar-refractivity contribution in [1.29, 1.82) is 0 Å². The first kappa shape index (κ1) is 25.1. The zero-order chi connectivity index (χ0) is 27.0. The number of aromatic nitrogens is 6. The molecule has 0 aromatic carbocycles. The van der Waals surface area contributed by atoms with Gasteiger partial charge in [0.2, 0.25) is 11.5 Å². The second-order valence-electron chi connectivity index (χ2n) is 9.74. The molecule has 0 radical (unpaired) electrons. The summed E-state index contributed by atoms with van der Waals surface area (Å²) in [6.45, 7) is 4.52. The number of carbonyl (C=O) groups excluding carboxylic acids is 1. The lowest BCUT2D eigenvalue weighted by molar-refractivity contribution is -0.144. The van der Waals surface area contributed by atoms with Gasteiger partial charge in [0.25, 0.3) is 5.91 Å². The molecule has 39 heavy (non-hydrogen) atoms. The van der Waals surface area contributed by atoms with Gasteiger partial charge in [0, 0.05) is 65.0 Å². The van der Waals surface area contributed by atoms with Gasteiger partial charge in [0.15, 0.2) is 11.6 Å². The van der Waals surface area contributed by atoms with Gasteiger partial charge in [-0.2, -0.15) is 5.10 Å². The summed E-state index contributed by atoms with van der Waals surface area (Å²) in [5.74, 6) is 0.746. The van der Waals surface area contributed by atoms with Gasteiger partial charge in [-0.3, -0.25) is 14.4 Å². The van der Waals surface area contributed by atoms with Gasteiger partial charge in [-0.05, 0) is 18.2 Å². The molecule has 2 fully saturated rings. The summed E-state index contributed by atoms with van der Waals surface area (Å²) in [6.07, 6.45) is 1.90. The van der Waals surface area contributed by atoms with E-state index in [2.05, 4.69) is 35.4 Å². The van der Waals surface area contributed by atoms with Crippen molar-refractivity contribution in [1.82, 2.24) is 39.7 Å². The first-order chi connectivity index (χ1) is 18.9. The standard InChI is InChI=1S/C26H29N9O4/c1-33-9-7-26(37,24(33)36)22-15-21(32-39-22)19-5-3-4-18(28-19)20-6-8-27-25(29-20)30-23-14-17(34(2)31-23)16-35-10-12-38-13-11-35/h3-6,8,14-15,37H,7,9-13,16H2,1-2H3,(H,27,29,30,31). The van der Waals surface area contributed by atoms with Crippen molar-refractivity contribution in [2.24, 2.45) is 7.05 Å². The van der Waals surface area contributed by atoms with Crippen molar-refractivity contribution < 1.29 is 19.2 Å². The highest BCUT2D eigenvalue weighted by molar-refractivity contribution is 5.87. The molecule has 6 rings (SSSR count). The number of carbonyl (C=O) groups is 1. The number of anilines is 2. The van der Waals surface area contributed by atoms with Gasteiger partial charge in [0.05, 0.1) is 36.0 Å². The van der Waals surface area contributed by atoms with Crippen molar-refractivity contribution in [3.05, 3.63) is 54.0 Å². The van der Waals surface area contributed by atoms with Crippen LogP contribution in [0.5, 0.6) is 0 Å². The summed E-state index contributed by atoms with van der Waals surface area (Å²) in [7, 11) is 3.56. The number of aryl methyl sites for hydroxylation is 1. The maximum absolute atomic E-state index is 12.4. The van der Waals surface area contributed by atoms with Crippen molar-refractivity contribution in [2.75, 3.05) is 45.2 Å². The Morgan fingerprint density at radius 3 is 2.56 bits per heavy atom. The maximum Gasteiger partial charge on any atom is 0.262 e. The summed E-state index contributed by atoms with van der Waals surface area (Å²) in [5, 5.41) is 22.7. The number of pyridine rings is 1. The largest absolute Gasteiger partial charge is 0.379 e. The fourth-order valence-electron chi connectivity index (χ4n) is 4.77. The van der Waals surface area contributed by atoms with E-state index in [1.165, 1.54) is 4.90 Å². The van der Waals surface area contributed by atoms with E-state index < -0.39 is 11.5 Å². The van der Waals surface area contributed by atoms with Crippen molar-refractivity contribution >= 4 is 17.7 Å². The number of nitrogens with zero attached hydrogens (tertiary/aromatic N) is 8. The molecule has 0 saturated carbocycles. The number of hydrogen-bond acceptors (Lipinski definition) is 11. The Kier molecular flexibility index (Phi) is 6.54. The fraction of sp³-hybridized carbons (Fsp3) is 0.385. The molecule has 4 aromatic heterocycles. The number of amides is 1. The maximum atomic E-state index is 12.4. The van der Waals surface area contributed by atoms with Gasteiger partial charge >= 0.3 is 0 Å². The highest BCUT2D eigenvalue weighted by Crippen LogP contribution is 2.34. The van der Waals surface area contributed by atoms with Gasteiger partial charge < -0.3 is 24.6 Å². The Hall–Kier alpha value is -4.20. The fourth-order valence-corrected chi connectivity index (χ4v) is 4.77. The summed E-state index contributed by atoms with van der Waals surface area (Å²) < 4.78 is 12.7. The van der Waals surface area contributed by atoms with Crippen LogP contribution in [0.4, 0.5) is 11.8 Å². The van der Waals surface area contributed by atoms with Crippen molar-refractivity contribution in [3.63, 3.8) is 0 Å². The summed E-state index contributed by atoms with van der Waals surface area (Å²) in [4.78, 5) is 29.9. The molecule has 13 heteroatoms. The number of ether oxygens (including phenoxy) is 1. The lowest BCUT2D eigenvalue weighted by atomic mass is 9.98. The van der Waals surface area contributed by atoms with Crippen molar-refractivity contribution in [2.45, 2.75) is 18.6 Å². The molecular formula is C26H29N9O4. The molecule has 1 unspecified atom stereocenters. The van der Waals surface area contributed by atoms with Crippen LogP contribution in [0.1, 0.15) is 17.9 Å². The first-order valence-electron chi connectivity index (χ1n) is 12.7. The monoisotopic (exact) mass is 531 g/mol. The van der Waals surface area contributed by atoms with E-state index in [9.17, 15) is 9.90 Å². The van der Waals surface area contributed by atoms with Crippen LogP contribution >= 0.6 is 0 Å². The van der Waals surface area contributed by atoms with Crippen LogP contribution in [0, 0.1) is 0 Å². The molecule has 2 N–H and O–H groups in total. The number of rotatable bonds is 7. The van der Waals surface area contributed by atoms with E-state index in [0.717, 1.165) is 38.5 Å². The molecule has 1 amide bonds. The van der Waals surface area contributed by atoms with Crippen LogP contribution in [0.3, 0.4) is 0 Å². The number of aliphatic hydroxyl groups is 1. The normalized spacial score (nSPS) is 20.1. The van der Waals surface area contributed by atoms with E-state index in [0.29, 0.717) is 41.1 Å². The predicted molar refractivity (Wildman–Crippen MR) is 139 cm³/mol. The molecule has 2 saturated heterocycles. The Morgan fingerprint density at radius 1 is 1.03 bits per heavy atom. The molecule has 4 aromatic rings. The van der Waals surface area contributed by atoms with Crippen LogP contribution in [0.25, 0.3) is 22.8 Å². The third-order valence-electron chi connectivity index (χ3n) is 7.06. The molecule has 2 aliphatic heterocycles. The molecule has 0 aliphatic carbocycles. The average molecular weight is 532 g/mol. The molecule has 0 spiro atoms. The number of morpholine rings is 1. The summed E-state index contributed by atoms with van der Waals surface area (Å²) in [5.41, 5.74) is 1.51. The molecular weight excluding hydrogens is 502 g/mol. The Bertz CT molecular complexity index is 1500. The Morgan fingerprint density at radius 2 is 1.79 bits per heavy atom. The summed E-state index contributed by atoms with van der Waals surface area (Å²) >= 11 is 0. The first-order valence-corrected chi connectivity index (χ1v) is 12.7. The number of hydrogen-bond donors (Lipinski definition) is 2. The van der Waals surface area contributed by atoms with Crippen molar-refractivity contribution in [3.8, 4) is 22.8 Å². The van der Waals surface area contributed by atoms with E-state index in [4.69, 9.17) is 9.26 Å². The third-order valence-corrected chi connectivity index (χ3v) is 7.06. The van der Waals surface area contributed by atoms with Crippen LogP contribution in [0.15, 0.2) is 47.1 Å². The lowest BCUT2D eigenvalue weighted by Crippen LogP contribution is -2.36. The van der Waals surface area contributed by atoms with E-state index >= 15 is 0 Å². The minimum atomic E-state index is -1.71. The predicted octanol–water partition coefficient (Wildman–Crippen LogP) is 1.55. The molecule has 13 nitrogen and oxygen atoms in total. The second-order valence-corrected chi connectivity index (χ2v) is 9.74. The van der Waals surface area contributed by atoms with Crippen LogP contribution < -0.4 is 5.32 Å². The zero-order valence-electron chi connectivity index (χ0n) is 21.7. The van der Waals surface area contributed by atoms with Crippen LogP contribution in [-0.2, 0) is 28.7 Å². The van der Waals surface area contributed by atoms with Gasteiger partial charge in [-0.25, -0.2) is 15.0 Å². The minimum absolute atomic E-state index is 0.107. The molecule has 1 atom stereocenters. The van der Waals surface area contributed by atoms with Gasteiger partial charge in [-0.1, -0.05) is 11.2 Å². The topological polar surface area (TPSA) is 148 Å². The third kappa shape index (κ3) is 4.99. The number of likely N-dealkylation sites (tertiary alicyclic amines) is 1. The number of nitrogens with one attached hydrogen (secondary N) is 1. The second kappa shape index (κ2) is 10.2. The highest BCUT2D eigenvalue weighted by atomic mass is 16.5. The van der Waals surface area contributed by atoms with Gasteiger partial charge in [-0.15, -0.1) is 0 Å². The van der Waals surface area contributed by atoms with E-state index in [-0.39, 0.29) is 12.2 Å². The quantitative estimate of drug-likeness (QED) is 0.358. The SMILES string of the molecule is CN1CCC(O)(c2cc(-c3cccc(-c4ccnc(Nc5cc(CN6CCOCC6)n(C)n5)n4)n3)no2)C1=O. The van der Waals surface area contributed by atoms with Crippen LogP contribution in [0.2, 0.25) is 0 Å². The smallest absolute Gasteiger partial charge is 0.262 e. The molecule has 202 valence electrons. The zero-order valence-corrected chi connectivity index (χ0v) is 21.7.